The van der Waals surface area contributed by atoms with Gasteiger partial charge in [-0.05, 0) is 57.4 Å². The van der Waals surface area contributed by atoms with Crippen molar-refractivity contribution < 1.29 is 19.5 Å². The first-order valence-electron chi connectivity index (χ1n) is 9.35. The molecule has 146 valence electrons. The summed E-state index contributed by atoms with van der Waals surface area (Å²) in [6.07, 6.45) is 2.38. The van der Waals surface area contributed by atoms with Gasteiger partial charge in [0.2, 0.25) is 5.91 Å². The summed E-state index contributed by atoms with van der Waals surface area (Å²) < 4.78 is 0. The van der Waals surface area contributed by atoms with E-state index in [1.165, 1.54) is 11.3 Å². The van der Waals surface area contributed by atoms with Crippen LogP contribution in [0.3, 0.4) is 0 Å². The van der Waals surface area contributed by atoms with Gasteiger partial charge in [0.15, 0.2) is 0 Å². The molecule has 0 aliphatic heterocycles. The molecule has 2 saturated carbocycles. The fourth-order valence-electron chi connectivity index (χ4n) is 4.98. The molecule has 27 heavy (non-hydrogen) atoms. The van der Waals surface area contributed by atoms with Crippen molar-refractivity contribution in [1.82, 2.24) is 10.9 Å². The predicted molar refractivity (Wildman–Crippen MR) is 103 cm³/mol. The average Bonchev–Trinajstić information content (AvgIpc) is 3.29. The van der Waals surface area contributed by atoms with Gasteiger partial charge in [-0.25, -0.2) is 0 Å². The number of carbonyl (C=O) groups is 3. The number of carbonyl (C=O) groups excluding carboxylic acids is 2. The molecule has 2 aliphatic rings. The highest BCUT2D eigenvalue weighted by Crippen LogP contribution is 2.57. The first-order valence-corrected chi connectivity index (χ1v) is 10.2. The Morgan fingerprint density at radius 3 is 2.33 bits per heavy atom. The summed E-state index contributed by atoms with van der Waals surface area (Å²) >= 11 is 1.50. The minimum atomic E-state index is -0.936. The number of carboxylic acid groups (broad SMARTS) is 1. The number of hydrogen-bond donors (Lipinski definition) is 3. The largest absolute Gasteiger partial charge is 0.481 e. The minimum absolute atomic E-state index is 0.0485. The highest BCUT2D eigenvalue weighted by Gasteiger charge is 2.57. The molecule has 2 aliphatic carbocycles. The zero-order valence-electron chi connectivity index (χ0n) is 16.1. The lowest BCUT2D eigenvalue weighted by molar-refractivity contribution is -0.149. The first kappa shape index (κ1) is 19.6. The van der Waals surface area contributed by atoms with Crippen molar-refractivity contribution >= 4 is 29.1 Å². The van der Waals surface area contributed by atoms with Gasteiger partial charge in [0.1, 0.15) is 0 Å². The van der Waals surface area contributed by atoms with Crippen LogP contribution < -0.4 is 10.9 Å². The third kappa shape index (κ3) is 3.29. The van der Waals surface area contributed by atoms with Crippen LogP contribution in [-0.2, 0) is 16.0 Å². The highest BCUT2D eigenvalue weighted by atomic mass is 32.1. The minimum Gasteiger partial charge on any atom is -0.481 e. The second-order valence-electron chi connectivity index (χ2n) is 7.62. The maximum atomic E-state index is 12.8. The molecular weight excluding hydrogens is 364 g/mol. The van der Waals surface area contributed by atoms with Crippen molar-refractivity contribution in [2.75, 3.05) is 0 Å². The van der Waals surface area contributed by atoms with Crippen LogP contribution in [0.2, 0.25) is 0 Å². The van der Waals surface area contributed by atoms with Crippen molar-refractivity contribution in [3.05, 3.63) is 32.5 Å². The predicted octanol–water partition coefficient (Wildman–Crippen LogP) is 3.07. The molecule has 1 heterocycles. The molecule has 3 N–H and O–H groups in total. The van der Waals surface area contributed by atoms with Gasteiger partial charge in [-0.2, -0.15) is 0 Å². The molecule has 0 unspecified atom stereocenters. The Morgan fingerprint density at radius 2 is 1.78 bits per heavy atom. The van der Waals surface area contributed by atoms with Crippen molar-refractivity contribution in [3.8, 4) is 0 Å². The molecule has 0 aromatic carbocycles. The molecule has 4 atom stereocenters. The van der Waals surface area contributed by atoms with Crippen LogP contribution in [-0.4, -0.2) is 22.9 Å². The van der Waals surface area contributed by atoms with Crippen LogP contribution in [0.4, 0.5) is 0 Å². The van der Waals surface area contributed by atoms with Crippen LogP contribution in [0.25, 0.3) is 0 Å². The van der Waals surface area contributed by atoms with Gasteiger partial charge in [-0.15, -0.1) is 11.3 Å². The van der Waals surface area contributed by atoms with Crippen molar-refractivity contribution in [2.45, 2.75) is 47.0 Å². The summed E-state index contributed by atoms with van der Waals surface area (Å²) in [4.78, 5) is 38.2. The van der Waals surface area contributed by atoms with E-state index >= 15 is 0 Å². The quantitative estimate of drug-likeness (QED) is 0.544. The number of carboxylic acids is 1. The zero-order chi connectivity index (χ0) is 19.9. The topological polar surface area (TPSA) is 95.5 Å². The highest BCUT2D eigenvalue weighted by molar-refractivity contribution is 7.10. The van der Waals surface area contributed by atoms with Crippen LogP contribution in [0.5, 0.6) is 0 Å². The molecule has 0 saturated heterocycles. The van der Waals surface area contributed by atoms with Crippen LogP contribution >= 0.6 is 11.3 Å². The Kier molecular flexibility index (Phi) is 5.42. The van der Waals surface area contributed by atoms with E-state index in [9.17, 15) is 19.5 Å². The number of hydrogen-bond acceptors (Lipinski definition) is 4. The van der Waals surface area contributed by atoms with Crippen molar-refractivity contribution in [1.29, 1.82) is 0 Å². The fraction of sp³-hybridized carbons (Fsp3) is 0.550. The van der Waals surface area contributed by atoms with Gasteiger partial charge >= 0.3 is 5.97 Å². The molecule has 1 aromatic heterocycles. The molecule has 2 fully saturated rings. The third-order valence-electron chi connectivity index (χ3n) is 6.01. The summed E-state index contributed by atoms with van der Waals surface area (Å²) in [6, 6.07) is 0. The lowest BCUT2D eigenvalue weighted by atomic mass is 9.79. The molecule has 0 spiro atoms. The van der Waals surface area contributed by atoms with Crippen molar-refractivity contribution in [2.24, 2.45) is 23.7 Å². The van der Waals surface area contributed by atoms with E-state index < -0.39 is 23.7 Å². The van der Waals surface area contributed by atoms with Crippen LogP contribution in [0.15, 0.2) is 16.5 Å². The number of amides is 2. The van der Waals surface area contributed by atoms with E-state index in [2.05, 4.69) is 10.9 Å². The van der Waals surface area contributed by atoms with Gasteiger partial charge in [0.05, 0.1) is 17.4 Å². The van der Waals surface area contributed by atoms with Gasteiger partial charge in [-0.3, -0.25) is 25.2 Å². The molecule has 7 heteroatoms. The van der Waals surface area contributed by atoms with E-state index in [4.69, 9.17) is 0 Å². The number of rotatable bonds is 4. The lowest BCUT2D eigenvalue weighted by Gasteiger charge is -2.26. The van der Waals surface area contributed by atoms with Gasteiger partial charge < -0.3 is 5.11 Å². The number of hydrazine groups is 1. The summed E-state index contributed by atoms with van der Waals surface area (Å²) in [5.74, 6) is -3.19. The second kappa shape index (κ2) is 7.46. The first-order chi connectivity index (χ1) is 12.8. The van der Waals surface area contributed by atoms with E-state index in [-0.39, 0.29) is 17.7 Å². The SMILES string of the molecule is CCc1c(C(=O)NNC(=O)[C@H]2[C@@H](C(=O)O)[C@H]3CC[C@@H]2C3=C(C)C)csc1C. The Hall–Kier alpha value is -2.15. The molecule has 2 bridgehead atoms. The summed E-state index contributed by atoms with van der Waals surface area (Å²) in [5, 5.41) is 11.5. The Labute approximate surface area is 163 Å². The zero-order valence-corrected chi connectivity index (χ0v) is 16.9. The summed E-state index contributed by atoms with van der Waals surface area (Å²) in [7, 11) is 0. The number of fused-ring (bicyclic) bond motifs is 2. The lowest BCUT2D eigenvalue weighted by Crippen LogP contribution is -2.48. The number of thiophene rings is 1. The Morgan fingerprint density at radius 1 is 1.15 bits per heavy atom. The summed E-state index contributed by atoms with van der Waals surface area (Å²) in [5.41, 5.74) is 8.74. The number of aryl methyl sites for hydroxylation is 1. The maximum absolute atomic E-state index is 12.8. The molecule has 0 radical (unpaired) electrons. The smallest absolute Gasteiger partial charge is 0.307 e. The molecule has 3 rings (SSSR count). The van der Waals surface area contributed by atoms with E-state index in [0.29, 0.717) is 5.56 Å². The monoisotopic (exact) mass is 390 g/mol. The van der Waals surface area contributed by atoms with Crippen molar-refractivity contribution in [3.63, 3.8) is 0 Å². The standard InChI is InChI=1S/C20H26N2O4S/c1-5-11-10(4)27-8-14(11)18(23)21-22-19(24)16-12-6-7-13(15(12)9(2)3)17(16)20(25)26/h8,12-13,16-17H,5-7H2,1-4H3,(H,21,23)(H,22,24)(H,25,26)/t12-,13+,16-,17+/m1/s1. The molecular formula is C20H26N2O4S. The average molecular weight is 391 g/mol. The normalized spacial score (nSPS) is 26.1. The molecule has 6 nitrogen and oxygen atoms in total. The van der Waals surface area contributed by atoms with Gasteiger partial charge in [0.25, 0.3) is 5.91 Å². The van der Waals surface area contributed by atoms with Gasteiger partial charge in [-0.1, -0.05) is 18.1 Å². The van der Waals surface area contributed by atoms with E-state index in [1.807, 2.05) is 27.7 Å². The van der Waals surface area contributed by atoms with E-state index in [0.717, 1.165) is 40.8 Å². The molecule has 2 amide bonds. The Balaban J connectivity index is 1.75. The number of nitrogens with one attached hydrogen (secondary N) is 2. The maximum Gasteiger partial charge on any atom is 0.307 e. The van der Waals surface area contributed by atoms with Gasteiger partial charge in [0, 0.05) is 10.3 Å². The van der Waals surface area contributed by atoms with Crippen LogP contribution in [0, 0.1) is 30.6 Å². The third-order valence-corrected chi connectivity index (χ3v) is 6.96. The fourth-order valence-corrected chi connectivity index (χ4v) is 5.92. The summed E-state index contributed by atoms with van der Waals surface area (Å²) in [6.45, 7) is 7.91. The number of aliphatic carboxylic acids is 1. The second-order valence-corrected chi connectivity index (χ2v) is 8.70. The van der Waals surface area contributed by atoms with Crippen LogP contribution in [0.1, 0.15) is 54.4 Å². The number of allylic oxidation sites excluding steroid dienone is 2. The molecule has 1 aromatic rings. The Bertz CT molecular complexity index is 822. The van der Waals surface area contributed by atoms with E-state index in [1.54, 1.807) is 5.38 Å².